The predicted octanol–water partition coefficient (Wildman–Crippen LogP) is 2.95. The summed E-state index contributed by atoms with van der Waals surface area (Å²) < 4.78 is 10.5. The van der Waals surface area contributed by atoms with Crippen molar-refractivity contribution in [1.29, 1.82) is 0 Å². The van der Waals surface area contributed by atoms with E-state index < -0.39 is 11.7 Å². The topological polar surface area (TPSA) is 88.7 Å². The fourth-order valence-electron chi connectivity index (χ4n) is 2.74. The molecule has 1 aromatic carbocycles. The minimum atomic E-state index is -0.501. The van der Waals surface area contributed by atoms with Crippen LogP contribution in [0, 0.1) is 0 Å². The summed E-state index contributed by atoms with van der Waals surface area (Å²) in [6.45, 7) is 8.35. The maximum absolute atomic E-state index is 11.8. The maximum Gasteiger partial charge on any atom is 0.407 e. The zero-order valence-electron chi connectivity index (χ0n) is 16.6. The van der Waals surface area contributed by atoms with E-state index in [0.29, 0.717) is 12.6 Å². The van der Waals surface area contributed by atoms with Crippen molar-refractivity contribution in [3.8, 4) is 0 Å². The number of carbonyl (C=O) groups is 2. The summed E-state index contributed by atoms with van der Waals surface area (Å²) in [6, 6.07) is 10.0. The zero-order valence-corrected chi connectivity index (χ0v) is 16.6. The standard InChI is InChI=1S/C20H31N3O4/c1-14(22-19(25)27-20(2,3)4)12-21-16-10-17(11-16)23-18(24)26-13-15-8-6-5-7-9-15/h5-9,14,16-17,21H,10-13H2,1-4H3,(H,22,25)(H,23,24). The molecule has 1 aliphatic rings. The van der Waals surface area contributed by atoms with Crippen LogP contribution in [0.3, 0.4) is 0 Å². The Labute approximate surface area is 161 Å². The number of hydrogen-bond donors (Lipinski definition) is 3. The van der Waals surface area contributed by atoms with Crippen molar-refractivity contribution >= 4 is 12.2 Å². The number of benzene rings is 1. The fourth-order valence-corrected chi connectivity index (χ4v) is 2.74. The van der Waals surface area contributed by atoms with Crippen molar-refractivity contribution in [3.63, 3.8) is 0 Å². The van der Waals surface area contributed by atoms with Crippen LogP contribution < -0.4 is 16.0 Å². The lowest BCUT2D eigenvalue weighted by Crippen LogP contribution is -2.54. The zero-order chi connectivity index (χ0) is 19.9. The van der Waals surface area contributed by atoms with Crippen molar-refractivity contribution in [3.05, 3.63) is 35.9 Å². The molecule has 1 aromatic rings. The van der Waals surface area contributed by atoms with Gasteiger partial charge in [-0.2, -0.15) is 0 Å². The molecule has 0 radical (unpaired) electrons. The number of carbonyl (C=O) groups excluding carboxylic acids is 2. The molecule has 1 unspecified atom stereocenters. The number of rotatable bonds is 7. The van der Waals surface area contributed by atoms with Gasteiger partial charge in [-0.15, -0.1) is 0 Å². The quantitative estimate of drug-likeness (QED) is 0.680. The molecule has 1 aliphatic carbocycles. The average molecular weight is 377 g/mol. The number of nitrogens with one attached hydrogen (secondary N) is 3. The van der Waals surface area contributed by atoms with Crippen LogP contribution in [0.1, 0.15) is 46.1 Å². The smallest absolute Gasteiger partial charge is 0.407 e. The van der Waals surface area contributed by atoms with Gasteiger partial charge in [0.15, 0.2) is 0 Å². The van der Waals surface area contributed by atoms with Gasteiger partial charge in [0.1, 0.15) is 12.2 Å². The van der Waals surface area contributed by atoms with Crippen LogP contribution in [0.2, 0.25) is 0 Å². The third-order valence-corrected chi connectivity index (χ3v) is 4.15. The molecular formula is C20H31N3O4. The van der Waals surface area contributed by atoms with E-state index in [0.717, 1.165) is 18.4 Å². The van der Waals surface area contributed by atoms with Crippen molar-refractivity contribution in [1.82, 2.24) is 16.0 Å². The molecule has 0 aliphatic heterocycles. The molecule has 0 saturated heterocycles. The van der Waals surface area contributed by atoms with Crippen LogP contribution in [0.5, 0.6) is 0 Å². The lowest BCUT2D eigenvalue weighted by atomic mass is 9.87. The normalized spacial score (nSPS) is 20.1. The summed E-state index contributed by atoms with van der Waals surface area (Å²) in [7, 11) is 0. The molecule has 0 aromatic heterocycles. The Balaban J connectivity index is 1.54. The highest BCUT2D eigenvalue weighted by atomic mass is 16.6. The van der Waals surface area contributed by atoms with Gasteiger partial charge in [-0.3, -0.25) is 0 Å². The van der Waals surface area contributed by atoms with Crippen molar-refractivity contribution in [2.75, 3.05) is 6.54 Å². The van der Waals surface area contributed by atoms with Gasteiger partial charge in [-0.25, -0.2) is 9.59 Å². The van der Waals surface area contributed by atoms with Crippen LogP contribution in [0.15, 0.2) is 30.3 Å². The Hall–Kier alpha value is -2.28. The van der Waals surface area contributed by atoms with E-state index in [2.05, 4.69) is 16.0 Å². The Bertz CT molecular complexity index is 609. The van der Waals surface area contributed by atoms with Gasteiger partial charge >= 0.3 is 12.2 Å². The first-order chi connectivity index (χ1) is 12.7. The van der Waals surface area contributed by atoms with Gasteiger partial charge in [0.2, 0.25) is 0 Å². The lowest BCUT2D eigenvalue weighted by molar-refractivity contribution is 0.0505. The van der Waals surface area contributed by atoms with Crippen LogP contribution in [-0.2, 0) is 16.1 Å². The Kier molecular flexibility index (Phi) is 7.47. The van der Waals surface area contributed by atoms with E-state index >= 15 is 0 Å². The van der Waals surface area contributed by atoms with E-state index in [-0.39, 0.29) is 24.8 Å². The first-order valence-corrected chi connectivity index (χ1v) is 9.41. The van der Waals surface area contributed by atoms with Crippen LogP contribution in [0.25, 0.3) is 0 Å². The molecule has 0 heterocycles. The Morgan fingerprint density at radius 2 is 1.78 bits per heavy atom. The van der Waals surface area contributed by atoms with E-state index in [1.54, 1.807) is 0 Å². The summed E-state index contributed by atoms with van der Waals surface area (Å²) in [5.41, 5.74) is 0.464. The van der Waals surface area contributed by atoms with E-state index in [1.807, 2.05) is 58.0 Å². The molecule has 1 atom stereocenters. The predicted molar refractivity (Wildman–Crippen MR) is 103 cm³/mol. The first kappa shape index (κ1) is 21.0. The van der Waals surface area contributed by atoms with Crippen LogP contribution in [0.4, 0.5) is 9.59 Å². The van der Waals surface area contributed by atoms with E-state index in [1.165, 1.54) is 0 Å². The second kappa shape index (κ2) is 9.60. The lowest BCUT2D eigenvalue weighted by Gasteiger charge is -2.36. The van der Waals surface area contributed by atoms with Gasteiger partial charge in [-0.1, -0.05) is 30.3 Å². The largest absolute Gasteiger partial charge is 0.445 e. The minimum Gasteiger partial charge on any atom is -0.445 e. The molecule has 3 N–H and O–H groups in total. The number of hydrogen-bond acceptors (Lipinski definition) is 5. The highest BCUT2D eigenvalue weighted by Crippen LogP contribution is 2.20. The first-order valence-electron chi connectivity index (χ1n) is 9.41. The number of amides is 2. The summed E-state index contributed by atoms with van der Waals surface area (Å²) in [4.78, 5) is 23.5. The van der Waals surface area contributed by atoms with Crippen molar-refractivity contribution in [2.24, 2.45) is 0 Å². The fraction of sp³-hybridized carbons (Fsp3) is 0.600. The average Bonchev–Trinajstić information content (AvgIpc) is 2.54. The molecule has 27 heavy (non-hydrogen) atoms. The highest BCUT2D eigenvalue weighted by Gasteiger charge is 2.30. The SMILES string of the molecule is CC(CNC1CC(NC(=O)OCc2ccccc2)C1)NC(=O)OC(C)(C)C. The third kappa shape index (κ3) is 8.30. The number of alkyl carbamates (subject to hydrolysis) is 2. The molecule has 2 rings (SSSR count). The molecular weight excluding hydrogens is 346 g/mol. The molecule has 0 spiro atoms. The molecule has 7 nitrogen and oxygen atoms in total. The minimum absolute atomic E-state index is 0.0392. The Morgan fingerprint density at radius 3 is 2.41 bits per heavy atom. The van der Waals surface area contributed by atoms with Crippen LogP contribution in [-0.4, -0.2) is 42.5 Å². The second-order valence-electron chi connectivity index (χ2n) is 8.03. The van der Waals surface area contributed by atoms with Crippen molar-refractivity contribution < 1.29 is 19.1 Å². The van der Waals surface area contributed by atoms with Gasteiger partial charge in [0, 0.05) is 24.7 Å². The van der Waals surface area contributed by atoms with Gasteiger partial charge in [-0.05, 0) is 46.1 Å². The van der Waals surface area contributed by atoms with Gasteiger partial charge < -0.3 is 25.4 Å². The molecule has 1 saturated carbocycles. The highest BCUT2D eigenvalue weighted by molar-refractivity contribution is 5.68. The monoisotopic (exact) mass is 377 g/mol. The number of ether oxygens (including phenoxy) is 2. The molecule has 1 fully saturated rings. The second-order valence-corrected chi connectivity index (χ2v) is 8.03. The van der Waals surface area contributed by atoms with E-state index in [9.17, 15) is 9.59 Å². The maximum atomic E-state index is 11.8. The summed E-state index contributed by atoms with van der Waals surface area (Å²) in [6.07, 6.45) is 0.896. The summed E-state index contributed by atoms with van der Waals surface area (Å²) in [5, 5.41) is 9.06. The Morgan fingerprint density at radius 1 is 1.11 bits per heavy atom. The molecule has 7 heteroatoms. The molecule has 0 bridgehead atoms. The summed E-state index contributed by atoms with van der Waals surface area (Å²) >= 11 is 0. The summed E-state index contributed by atoms with van der Waals surface area (Å²) in [5.74, 6) is 0. The third-order valence-electron chi connectivity index (χ3n) is 4.15. The van der Waals surface area contributed by atoms with Gasteiger partial charge in [0.25, 0.3) is 0 Å². The van der Waals surface area contributed by atoms with Crippen molar-refractivity contribution in [2.45, 2.75) is 70.9 Å². The molecule has 150 valence electrons. The molecule has 2 amide bonds. The van der Waals surface area contributed by atoms with E-state index in [4.69, 9.17) is 9.47 Å². The van der Waals surface area contributed by atoms with Gasteiger partial charge in [0.05, 0.1) is 0 Å². The van der Waals surface area contributed by atoms with Crippen LogP contribution >= 0.6 is 0 Å².